The number of aliphatic hydroxyl groups excluding tert-OH is 1. The van der Waals surface area contributed by atoms with Gasteiger partial charge in [0.25, 0.3) is 0 Å². The monoisotopic (exact) mass is 173 g/mol. The van der Waals surface area contributed by atoms with Crippen LogP contribution in [-0.2, 0) is 4.79 Å². The second-order valence-corrected chi connectivity index (χ2v) is 4.17. The zero-order valence-electron chi connectivity index (χ0n) is 8.18. The fourth-order valence-corrected chi connectivity index (χ4v) is 0.902. The summed E-state index contributed by atoms with van der Waals surface area (Å²) in [5.74, 6) is -0.288. The van der Waals surface area contributed by atoms with Gasteiger partial charge in [-0.1, -0.05) is 20.8 Å². The lowest BCUT2D eigenvalue weighted by atomic mass is 9.91. The van der Waals surface area contributed by atoms with E-state index >= 15 is 0 Å². The predicted octanol–water partition coefficient (Wildman–Crippen LogP) is 0.921. The van der Waals surface area contributed by atoms with Crippen molar-refractivity contribution in [1.82, 2.24) is 5.32 Å². The smallest absolute Gasteiger partial charge is 0.245 e. The molecule has 0 aliphatic heterocycles. The highest BCUT2D eigenvalue weighted by molar-refractivity contribution is 5.76. The van der Waals surface area contributed by atoms with Gasteiger partial charge in [-0.15, -0.1) is 0 Å². The van der Waals surface area contributed by atoms with Crippen LogP contribution in [0.5, 0.6) is 0 Å². The third kappa shape index (κ3) is 7.54. The Morgan fingerprint density at radius 2 is 2.00 bits per heavy atom. The maximum absolute atomic E-state index is 10.6. The molecule has 3 heteroatoms. The normalized spacial score (nSPS) is 11.3. The lowest BCUT2D eigenvalue weighted by molar-refractivity contribution is -0.123. The molecule has 0 spiro atoms. The van der Waals surface area contributed by atoms with Gasteiger partial charge >= 0.3 is 0 Å². The van der Waals surface area contributed by atoms with E-state index in [1.807, 2.05) is 0 Å². The van der Waals surface area contributed by atoms with E-state index in [0.717, 1.165) is 12.8 Å². The fourth-order valence-electron chi connectivity index (χ4n) is 0.902. The minimum absolute atomic E-state index is 0.288. The van der Waals surface area contributed by atoms with Gasteiger partial charge < -0.3 is 10.4 Å². The summed E-state index contributed by atoms with van der Waals surface area (Å²) in [7, 11) is 0. The average molecular weight is 173 g/mol. The second kappa shape index (κ2) is 5.14. The van der Waals surface area contributed by atoms with Crippen LogP contribution in [-0.4, -0.2) is 24.2 Å². The topological polar surface area (TPSA) is 49.3 Å². The highest BCUT2D eigenvalue weighted by atomic mass is 16.3. The van der Waals surface area contributed by atoms with Crippen molar-refractivity contribution < 1.29 is 9.90 Å². The predicted molar refractivity (Wildman–Crippen MR) is 48.8 cm³/mol. The van der Waals surface area contributed by atoms with E-state index in [1.54, 1.807) is 0 Å². The van der Waals surface area contributed by atoms with Crippen molar-refractivity contribution in [2.75, 3.05) is 13.2 Å². The maximum Gasteiger partial charge on any atom is 0.245 e. The summed E-state index contributed by atoms with van der Waals surface area (Å²) in [5.41, 5.74) is 0.323. The van der Waals surface area contributed by atoms with E-state index in [0.29, 0.717) is 12.0 Å². The molecule has 0 bridgehead atoms. The van der Waals surface area contributed by atoms with Crippen LogP contribution in [0.25, 0.3) is 0 Å². The van der Waals surface area contributed by atoms with E-state index < -0.39 is 6.61 Å². The maximum atomic E-state index is 10.6. The van der Waals surface area contributed by atoms with Crippen molar-refractivity contribution in [3.05, 3.63) is 0 Å². The molecule has 0 saturated heterocycles. The summed E-state index contributed by atoms with van der Waals surface area (Å²) < 4.78 is 0. The summed E-state index contributed by atoms with van der Waals surface area (Å²) in [4.78, 5) is 10.6. The molecule has 12 heavy (non-hydrogen) atoms. The van der Waals surface area contributed by atoms with Crippen molar-refractivity contribution in [1.29, 1.82) is 0 Å². The third-order valence-electron chi connectivity index (χ3n) is 1.57. The van der Waals surface area contributed by atoms with Crippen LogP contribution >= 0.6 is 0 Å². The van der Waals surface area contributed by atoms with Crippen LogP contribution in [0.3, 0.4) is 0 Å². The zero-order valence-corrected chi connectivity index (χ0v) is 8.18. The molecular weight excluding hydrogens is 154 g/mol. The van der Waals surface area contributed by atoms with Crippen LogP contribution in [0, 0.1) is 5.41 Å². The van der Waals surface area contributed by atoms with Gasteiger partial charge in [0.15, 0.2) is 0 Å². The molecule has 72 valence electrons. The van der Waals surface area contributed by atoms with Crippen molar-refractivity contribution in [2.45, 2.75) is 33.6 Å². The van der Waals surface area contributed by atoms with Gasteiger partial charge in [-0.2, -0.15) is 0 Å². The summed E-state index contributed by atoms with van der Waals surface area (Å²) in [6.45, 7) is 6.76. The first-order chi connectivity index (χ1) is 5.45. The zero-order chi connectivity index (χ0) is 9.61. The highest BCUT2D eigenvalue weighted by Gasteiger charge is 2.08. The van der Waals surface area contributed by atoms with Crippen molar-refractivity contribution in [2.24, 2.45) is 5.41 Å². The molecule has 0 fully saturated rings. The molecule has 0 radical (unpaired) electrons. The van der Waals surface area contributed by atoms with Crippen LogP contribution in [0.4, 0.5) is 0 Å². The van der Waals surface area contributed by atoms with Gasteiger partial charge in [-0.05, 0) is 18.3 Å². The molecular formula is C9H19NO2. The molecule has 1 amide bonds. The van der Waals surface area contributed by atoms with E-state index in [-0.39, 0.29) is 5.91 Å². The SMILES string of the molecule is CC(C)(C)CCCNC(=O)CO. The number of amides is 1. The molecule has 0 aromatic carbocycles. The van der Waals surface area contributed by atoms with Crippen LogP contribution in [0.15, 0.2) is 0 Å². The standard InChI is InChI=1S/C9H19NO2/c1-9(2,3)5-4-6-10-8(12)7-11/h11H,4-7H2,1-3H3,(H,10,12). The Morgan fingerprint density at radius 3 is 2.42 bits per heavy atom. The van der Waals surface area contributed by atoms with Crippen molar-refractivity contribution in [3.8, 4) is 0 Å². The first kappa shape index (κ1) is 11.4. The number of rotatable bonds is 4. The molecule has 0 atom stereocenters. The summed E-state index contributed by atoms with van der Waals surface area (Å²) >= 11 is 0. The van der Waals surface area contributed by atoms with E-state index in [1.165, 1.54) is 0 Å². The largest absolute Gasteiger partial charge is 0.387 e. The Morgan fingerprint density at radius 1 is 1.42 bits per heavy atom. The van der Waals surface area contributed by atoms with E-state index in [9.17, 15) is 4.79 Å². The van der Waals surface area contributed by atoms with Gasteiger partial charge in [0, 0.05) is 6.54 Å². The van der Waals surface area contributed by atoms with Crippen molar-refractivity contribution >= 4 is 5.91 Å². The average Bonchev–Trinajstić information content (AvgIpc) is 1.96. The van der Waals surface area contributed by atoms with Gasteiger partial charge in [-0.3, -0.25) is 4.79 Å². The van der Waals surface area contributed by atoms with Gasteiger partial charge in [-0.25, -0.2) is 0 Å². The second-order valence-electron chi connectivity index (χ2n) is 4.17. The third-order valence-corrected chi connectivity index (χ3v) is 1.57. The molecule has 0 unspecified atom stereocenters. The fraction of sp³-hybridized carbons (Fsp3) is 0.889. The molecule has 0 aliphatic carbocycles. The lowest BCUT2D eigenvalue weighted by Crippen LogP contribution is -2.27. The molecule has 0 aliphatic rings. The Hall–Kier alpha value is -0.570. The Kier molecular flexibility index (Phi) is 4.90. The molecule has 0 rings (SSSR count). The van der Waals surface area contributed by atoms with Gasteiger partial charge in [0.2, 0.25) is 5.91 Å². The Balaban J connectivity index is 3.28. The summed E-state index contributed by atoms with van der Waals surface area (Å²) in [6.07, 6.45) is 2.05. The molecule has 0 saturated carbocycles. The van der Waals surface area contributed by atoms with E-state index in [2.05, 4.69) is 26.1 Å². The molecule has 2 N–H and O–H groups in total. The first-order valence-electron chi connectivity index (χ1n) is 4.33. The summed E-state index contributed by atoms with van der Waals surface area (Å²) in [6, 6.07) is 0. The Bertz CT molecular complexity index is 138. The molecule has 3 nitrogen and oxygen atoms in total. The first-order valence-corrected chi connectivity index (χ1v) is 4.33. The number of carbonyl (C=O) groups excluding carboxylic acids is 1. The highest BCUT2D eigenvalue weighted by Crippen LogP contribution is 2.19. The number of carbonyl (C=O) groups is 1. The molecule has 0 aromatic rings. The quantitative estimate of drug-likeness (QED) is 0.621. The Labute approximate surface area is 74.2 Å². The van der Waals surface area contributed by atoms with Crippen LogP contribution in [0.2, 0.25) is 0 Å². The number of nitrogens with one attached hydrogen (secondary N) is 1. The van der Waals surface area contributed by atoms with E-state index in [4.69, 9.17) is 5.11 Å². The van der Waals surface area contributed by atoms with Crippen LogP contribution in [0.1, 0.15) is 33.6 Å². The summed E-state index contributed by atoms with van der Waals surface area (Å²) in [5, 5.41) is 11.0. The minimum atomic E-state index is -0.407. The number of aliphatic hydroxyl groups is 1. The number of hydrogen-bond acceptors (Lipinski definition) is 2. The van der Waals surface area contributed by atoms with Crippen LogP contribution < -0.4 is 5.32 Å². The number of hydrogen-bond donors (Lipinski definition) is 2. The lowest BCUT2D eigenvalue weighted by Gasteiger charge is -2.17. The van der Waals surface area contributed by atoms with Gasteiger partial charge in [0.05, 0.1) is 0 Å². The molecule has 0 heterocycles. The van der Waals surface area contributed by atoms with Gasteiger partial charge in [0.1, 0.15) is 6.61 Å². The van der Waals surface area contributed by atoms with Crippen molar-refractivity contribution in [3.63, 3.8) is 0 Å². The minimum Gasteiger partial charge on any atom is -0.387 e. The molecule has 0 aromatic heterocycles.